The van der Waals surface area contributed by atoms with Gasteiger partial charge in [-0.15, -0.1) is 0 Å². The summed E-state index contributed by atoms with van der Waals surface area (Å²) in [5, 5.41) is 9.90. The molecule has 0 saturated carbocycles. The van der Waals surface area contributed by atoms with E-state index in [1.807, 2.05) is 18.2 Å². The second-order valence-corrected chi connectivity index (χ2v) is 5.18. The summed E-state index contributed by atoms with van der Waals surface area (Å²) >= 11 is 0. The van der Waals surface area contributed by atoms with Crippen LogP contribution < -0.4 is 0 Å². The zero-order chi connectivity index (χ0) is 13.0. The summed E-state index contributed by atoms with van der Waals surface area (Å²) in [7, 11) is 0. The highest BCUT2D eigenvalue weighted by atomic mass is 16.7. The van der Waals surface area contributed by atoms with Gasteiger partial charge in [0.25, 0.3) is 0 Å². The van der Waals surface area contributed by atoms with Crippen molar-refractivity contribution in [2.75, 3.05) is 6.61 Å². The molecule has 2 heterocycles. The Hall–Kier alpha value is -0.970. The first-order chi connectivity index (χ1) is 8.55. The molecule has 1 saturated heterocycles. The number of rotatable bonds is 4. The number of nitrogens with zero attached hydrogens (tertiary/aromatic N) is 1. The lowest BCUT2D eigenvalue weighted by Gasteiger charge is -2.23. The van der Waals surface area contributed by atoms with Gasteiger partial charge in [-0.05, 0) is 45.2 Å². The van der Waals surface area contributed by atoms with Crippen LogP contribution in [0.25, 0.3) is 0 Å². The Labute approximate surface area is 108 Å². The van der Waals surface area contributed by atoms with E-state index in [9.17, 15) is 5.11 Å². The Kier molecular flexibility index (Phi) is 4.32. The lowest BCUT2D eigenvalue weighted by molar-refractivity contribution is -0.169. The van der Waals surface area contributed by atoms with E-state index in [0.29, 0.717) is 12.3 Å². The molecule has 1 unspecified atom stereocenters. The van der Waals surface area contributed by atoms with Crippen molar-refractivity contribution in [3.05, 3.63) is 29.6 Å². The van der Waals surface area contributed by atoms with Gasteiger partial charge in [-0.2, -0.15) is 0 Å². The van der Waals surface area contributed by atoms with Gasteiger partial charge >= 0.3 is 0 Å². The second-order valence-electron chi connectivity index (χ2n) is 5.18. The van der Waals surface area contributed by atoms with Gasteiger partial charge in [0.2, 0.25) is 0 Å². The van der Waals surface area contributed by atoms with Gasteiger partial charge in [-0.3, -0.25) is 4.98 Å². The number of aromatic nitrogens is 1. The lowest BCUT2D eigenvalue weighted by Crippen LogP contribution is -2.23. The molecule has 18 heavy (non-hydrogen) atoms. The maximum atomic E-state index is 9.90. The Bertz CT molecular complexity index is 381. The zero-order valence-electron chi connectivity index (χ0n) is 11.1. The summed E-state index contributed by atoms with van der Waals surface area (Å²) in [6.45, 7) is 4.66. The molecule has 1 fully saturated rings. The number of ether oxygens (including phenoxy) is 2. The largest absolute Gasteiger partial charge is 0.384 e. The Morgan fingerprint density at radius 1 is 1.44 bits per heavy atom. The number of pyridine rings is 1. The SMILES string of the molecule is CC(C)(O)c1cccc(COC2CCCCO2)n1. The minimum Gasteiger partial charge on any atom is -0.384 e. The molecule has 4 nitrogen and oxygen atoms in total. The van der Waals surface area contributed by atoms with Crippen molar-refractivity contribution in [1.82, 2.24) is 4.98 Å². The van der Waals surface area contributed by atoms with Gasteiger partial charge in [0.05, 0.1) is 18.0 Å². The van der Waals surface area contributed by atoms with Crippen LogP contribution in [0.1, 0.15) is 44.5 Å². The van der Waals surface area contributed by atoms with Crippen molar-refractivity contribution < 1.29 is 14.6 Å². The van der Waals surface area contributed by atoms with Gasteiger partial charge in [0, 0.05) is 6.61 Å². The predicted octanol–water partition coefficient (Wildman–Crippen LogP) is 2.35. The molecule has 1 aromatic heterocycles. The van der Waals surface area contributed by atoms with Crippen molar-refractivity contribution in [2.45, 2.75) is 51.6 Å². The zero-order valence-corrected chi connectivity index (χ0v) is 11.1. The van der Waals surface area contributed by atoms with Gasteiger partial charge in [0.15, 0.2) is 6.29 Å². The first kappa shape index (κ1) is 13.5. The summed E-state index contributed by atoms with van der Waals surface area (Å²) in [5.41, 5.74) is 0.564. The maximum Gasteiger partial charge on any atom is 0.158 e. The molecule has 0 amide bonds. The van der Waals surface area contributed by atoms with Crippen molar-refractivity contribution in [3.8, 4) is 0 Å². The number of hydrogen-bond acceptors (Lipinski definition) is 4. The molecule has 0 aliphatic carbocycles. The molecule has 4 heteroatoms. The van der Waals surface area contributed by atoms with E-state index < -0.39 is 5.60 Å². The van der Waals surface area contributed by atoms with Crippen LogP contribution in [0, 0.1) is 0 Å². The smallest absolute Gasteiger partial charge is 0.158 e. The predicted molar refractivity (Wildman–Crippen MR) is 67.9 cm³/mol. The standard InChI is InChI=1S/C14H21NO3/c1-14(2,16)12-7-5-6-11(15-12)10-18-13-8-3-4-9-17-13/h5-7,13,16H,3-4,8-10H2,1-2H3. The highest BCUT2D eigenvalue weighted by molar-refractivity contribution is 5.15. The molecule has 1 aliphatic rings. The molecule has 1 aliphatic heterocycles. The fraction of sp³-hybridized carbons (Fsp3) is 0.643. The minimum absolute atomic E-state index is 0.105. The molecule has 1 N–H and O–H groups in total. The quantitative estimate of drug-likeness (QED) is 0.892. The number of hydrogen-bond donors (Lipinski definition) is 1. The lowest BCUT2D eigenvalue weighted by atomic mass is 10.0. The highest BCUT2D eigenvalue weighted by Crippen LogP contribution is 2.19. The fourth-order valence-electron chi connectivity index (χ4n) is 1.92. The van der Waals surface area contributed by atoms with Crippen LogP contribution in [0.15, 0.2) is 18.2 Å². The van der Waals surface area contributed by atoms with E-state index in [-0.39, 0.29) is 6.29 Å². The van der Waals surface area contributed by atoms with Crippen molar-refractivity contribution in [3.63, 3.8) is 0 Å². The monoisotopic (exact) mass is 251 g/mol. The Morgan fingerprint density at radius 3 is 2.94 bits per heavy atom. The van der Waals surface area contributed by atoms with E-state index in [1.165, 1.54) is 0 Å². The summed E-state index contributed by atoms with van der Waals surface area (Å²) in [6, 6.07) is 5.61. The summed E-state index contributed by atoms with van der Waals surface area (Å²) in [6.07, 6.45) is 3.12. The molecule has 100 valence electrons. The fourth-order valence-corrected chi connectivity index (χ4v) is 1.92. The minimum atomic E-state index is -0.919. The third-order valence-corrected chi connectivity index (χ3v) is 2.99. The van der Waals surface area contributed by atoms with Crippen LogP contribution in [-0.4, -0.2) is 23.0 Å². The number of aliphatic hydroxyl groups is 1. The van der Waals surface area contributed by atoms with Crippen LogP contribution in [-0.2, 0) is 21.7 Å². The van der Waals surface area contributed by atoms with Crippen LogP contribution in [0.3, 0.4) is 0 Å². The van der Waals surface area contributed by atoms with Crippen molar-refractivity contribution in [2.24, 2.45) is 0 Å². The second kappa shape index (κ2) is 5.78. The third-order valence-electron chi connectivity index (χ3n) is 2.99. The van der Waals surface area contributed by atoms with E-state index in [0.717, 1.165) is 31.6 Å². The molecular weight excluding hydrogens is 230 g/mol. The molecule has 0 aromatic carbocycles. The normalized spacial score (nSPS) is 20.9. The molecule has 0 bridgehead atoms. The Balaban J connectivity index is 1.92. The molecule has 0 radical (unpaired) electrons. The Morgan fingerprint density at radius 2 is 2.28 bits per heavy atom. The molecule has 1 aromatic rings. The third kappa shape index (κ3) is 3.77. The van der Waals surface area contributed by atoms with E-state index in [1.54, 1.807) is 13.8 Å². The van der Waals surface area contributed by atoms with Gasteiger partial charge < -0.3 is 14.6 Å². The van der Waals surface area contributed by atoms with Crippen LogP contribution in [0.2, 0.25) is 0 Å². The summed E-state index contributed by atoms with van der Waals surface area (Å²) in [5.74, 6) is 0. The van der Waals surface area contributed by atoms with E-state index in [2.05, 4.69) is 4.98 Å². The molecule has 1 atom stereocenters. The summed E-state index contributed by atoms with van der Waals surface area (Å²) < 4.78 is 11.2. The molecule has 2 rings (SSSR count). The average molecular weight is 251 g/mol. The summed E-state index contributed by atoms with van der Waals surface area (Å²) in [4.78, 5) is 4.40. The first-order valence-electron chi connectivity index (χ1n) is 6.48. The van der Waals surface area contributed by atoms with Gasteiger partial charge in [-0.1, -0.05) is 6.07 Å². The van der Waals surface area contributed by atoms with Crippen molar-refractivity contribution >= 4 is 0 Å². The van der Waals surface area contributed by atoms with Gasteiger partial charge in [0.1, 0.15) is 5.60 Å². The highest BCUT2D eigenvalue weighted by Gasteiger charge is 2.18. The first-order valence-corrected chi connectivity index (χ1v) is 6.48. The van der Waals surface area contributed by atoms with Crippen LogP contribution >= 0.6 is 0 Å². The van der Waals surface area contributed by atoms with Crippen molar-refractivity contribution in [1.29, 1.82) is 0 Å². The van der Waals surface area contributed by atoms with Crippen LogP contribution in [0.5, 0.6) is 0 Å². The van der Waals surface area contributed by atoms with E-state index in [4.69, 9.17) is 9.47 Å². The van der Waals surface area contributed by atoms with E-state index >= 15 is 0 Å². The van der Waals surface area contributed by atoms with Crippen LogP contribution in [0.4, 0.5) is 0 Å². The van der Waals surface area contributed by atoms with Gasteiger partial charge in [-0.25, -0.2) is 0 Å². The molecule has 0 spiro atoms. The maximum absolute atomic E-state index is 9.90. The molecular formula is C14H21NO3. The average Bonchev–Trinajstić information content (AvgIpc) is 2.37. The topological polar surface area (TPSA) is 51.6 Å².